The van der Waals surface area contributed by atoms with E-state index < -0.39 is 24.2 Å². The lowest BCUT2D eigenvalue weighted by Crippen LogP contribution is -2.15. The van der Waals surface area contributed by atoms with Gasteiger partial charge in [-0.25, -0.2) is 18.0 Å². The Morgan fingerprint density at radius 1 is 1.00 bits per heavy atom. The molecule has 1 N–H and O–H groups in total. The molecule has 0 bridgehead atoms. The van der Waals surface area contributed by atoms with Gasteiger partial charge in [-0.3, -0.25) is 0 Å². The first kappa shape index (κ1) is 22.2. The third-order valence-corrected chi connectivity index (χ3v) is 4.67. The maximum absolute atomic E-state index is 14.7. The number of hydrogen-bond acceptors (Lipinski definition) is 4. The van der Waals surface area contributed by atoms with Gasteiger partial charge in [0.2, 0.25) is 0 Å². The number of halogens is 3. The third kappa shape index (κ3) is 5.57. The zero-order chi connectivity index (χ0) is 22.4. The fourth-order valence-electron chi connectivity index (χ4n) is 3.04. The smallest absolute Gasteiger partial charge is 0.344 e. The molecule has 0 radical (unpaired) electrons. The Balaban J connectivity index is 1.78. The molecule has 0 aliphatic carbocycles. The van der Waals surface area contributed by atoms with Crippen molar-refractivity contribution in [1.29, 1.82) is 0 Å². The molecule has 0 saturated heterocycles. The molecule has 162 valence electrons. The van der Waals surface area contributed by atoms with Crippen molar-refractivity contribution in [2.45, 2.75) is 20.4 Å². The Morgan fingerprint density at radius 3 is 2.52 bits per heavy atom. The number of carbonyl (C=O) groups excluding carboxylic acids is 1. The van der Waals surface area contributed by atoms with Gasteiger partial charge in [-0.15, -0.1) is 0 Å². The average Bonchev–Trinajstić information content (AvgIpc) is 2.74. The molecule has 3 rings (SSSR count). The highest BCUT2D eigenvalue weighted by Crippen LogP contribution is 2.29. The molecular weight excluding hydrogens is 407 g/mol. The second-order valence-electron chi connectivity index (χ2n) is 6.83. The summed E-state index contributed by atoms with van der Waals surface area (Å²) in [7, 11) is 0. The van der Waals surface area contributed by atoms with Crippen LogP contribution >= 0.6 is 0 Å². The quantitative estimate of drug-likeness (QED) is 0.471. The van der Waals surface area contributed by atoms with Crippen LogP contribution < -0.4 is 10.1 Å². The molecule has 7 heteroatoms. The summed E-state index contributed by atoms with van der Waals surface area (Å²) < 4.78 is 52.4. The highest BCUT2D eigenvalue weighted by Gasteiger charge is 2.16. The van der Waals surface area contributed by atoms with Gasteiger partial charge in [-0.05, 0) is 66.4 Å². The summed E-state index contributed by atoms with van der Waals surface area (Å²) >= 11 is 0. The van der Waals surface area contributed by atoms with Crippen LogP contribution in [0.1, 0.15) is 18.1 Å². The van der Waals surface area contributed by atoms with Crippen molar-refractivity contribution in [2.24, 2.45) is 0 Å². The number of anilines is 1. The molecule has 0 fully saturated rings. The van der Waals surface area contributed by atoms with E-state index in [1.165, 1.54) is 12.1 Å². The van der Waals surface area contributed by atoms with Crippen molar-refractivity contribution in [3.05, 3.63) is 83.2 Å². The Kier molecular flexibility index (Phi) is 7.18. The second kappa shape index (κ2) is 10.0. The Hall–Kier alpha value is -3.48. The SMILES string of the molecule is CCOC(=O)COc1ccc(F)c(NCc2cc(-c3cccc(F)c3)ccc2C)c1F. The molecule has 31 heavy (non-hydrogen) atoms. The monoisotopic (exact) mass is 429 g/mol. The minimum atomic E-state index is -0.941. The zero-order valence-electron chi connectivity index (χ0n) is 17.2. The topological polar surface area (TPSA) is 47.6 Å². The Labute approximate surface area is 178 Å². The van der Waals surface area contributed by atoms with Gasteiger partial charge in [0, 0.05) is 6.54 Å². The van der Waals surface area contributed by atoms with E-state index in [0.717, 1.165) is 28.8 Å². The predicted molar refractivity (Wildman–Crippen MR) is 112 cm³/mol. The van der Waals surface area contributed by atoms with E-state index in [4.69, 9.17) is 9.47 Å². The van der Waals surface area contributed by atoms with Gasteiger partial charge < -0.3 is 14.8 Å². The van der Waals surface area contributed by atoms with E-state index >= 15 is 0 Å². The molecule has 0 heterocycles. The van der Waals surface area contributed by atoms with Crippen LogP contribution in [0.25, 0.3) is 11.1 Å². The molecule has 0 aliphatic rings. The summed E-state index contributed by atoms with van der Waals surface area (Å²) in [6.45, 7) is 3.34. The lowest BCUT2D eigenvalue weighted by atomic mass is 9.99. The third-order valence-electron chi connectivity index (χ3n) is 4.67. The standard InChI is InChI=1S/C24H22F3NO3/c1-3-30-22(29)14-31-21-10-9-20(26)24(23(21)27)28-13-18-11-17(8-7-15(18)2)16-5-4-6-19(25)12-16/h4-12,28H,3,13-14H2,1-2H3. The van der Waals surface area contributed by atoms with Gasteiger partial charge in [-0.1, -0.05) is 24.3 Å². The van der Waals surface area contributed by atoms with Crippen LogP contribution in [0, 0.1) is 24.4 Å². The summed E-state index contributed by atoms with van der Waals surface area (Å²) in [5, 5.41) is 2.76. The van der Waals surface area contributed by atoms with Crippen LogP contribution in [-0.4, -0.2) is 19.2 Å². The first-order chi connectivity index (χ1) is 14.9. The van der Waals surface area contributed by atoms with Gasteiger partial charge in [0.1, 0.15) is 17.3 Å². The van der Waals surface area contributed by atoms with Crippen molar-refractivity contribution in [3.63, 3.8) is 0 Å². The molecule has 3 aromatic rings. The van der Waals surface area contributed by atoms with Crippen molar-refractivity contribution in [3.8, 4) is 16.9 Å². The number of nitrogens with one attached hydrogen (secondary N) is 1. The molecule has 0 saturated carbocycles. The summed E-state index contributed by atoms with van der Waals surface area (Å²) in [4.78, 5) is 11.4. The van der Waals surface area contributed by atoms with Crippen molar-refractivity contribution in [1.82, 2.24) is 0 Å². The van der Waals surface area contributed by atoms with Crippen LogP contribution in [0.15, 0.2) is 54.6 Å². The van der Waals surface area contributed by atoms with Crippen molar-refractivity contribution in [2.75, 3.05) is 18.5 Å². The average molecular weight is 429 g/mol. The number of aryl methyl sites for hydroxylation is 1. The molecule has 0 aromatic heterocycles. The van der Waals surface area contributed by atoms with Gasteiger partial charge in [-0.2, -0.15) is 0 Å². The number of rotatable bonds is 8. The minimum absolute atomic E-state index is 0.129. The first-order valence-electron chi connectivity index (χ1n) is 9.74. The van der Waals surface area contributed by atoms with Gasteiger partial charge in [0.15, 0.2) is 18.2 Å². The van der Waals surface area contributed by atoms with E-state index in [9.17, 15) is 18.0 Å². The molecule has 0 spiro atoms. The summed E-state index contributed by atoms with van der Waals surface area (Å²) in [6.07, 6.45) is 0. The van der Waals surface area contributed by atoms with Gasteiger partial charge in [0.05, 0.1) is 6.61 Å². The summed E-state index contributed by atoms with van der Waals surface area (Å²) in [5.41, 5.74) is 2.82. The van der Waals surface area contributed by atoms with E-state index in [1.54, 1.807) is 19.1 Å². The summed E-state index contributed by atoms with van der Waals surface area (Å²) in [5.74, 6) is -2.99. The second-order valence-corrected chi connectivity index (χ2v) is 6.83. The number of esters is 1. The van der Waals surface area contributed by atoms with E-state index in [1.807, 2.05) is 25.1 Å². The van der Waals surface area contributed by atoms with Gasteiger partial charge in [0.25, 0.3) is 0 Å². The van der Waals surface area contributed by atoms with Crippen LogP contribution in [0.3, 0.4) is 0 Å². The van der Waals surface area contributed by atoms with Crippen molar-refractivity contribution >= 4 is 11.7 Å². The molecule has 0 amide bonds. The maximum atomic E-state index is 14.7. The molecule has 0 aliphatic heterocycles. The van der Waals surface area contributed by atoms with Crippen LogP contribution in [0.4, 0.5) is 18.9 Å². The van der Waals surface area contributed by atoms with Crippen LogP contribution in [0.5, 0.6) is 5.75 Å². The first-order valence-corrected chi connectivity index (χ1v) is 9.74. The molecule has 0 unspecified atom stereocenters. The molecule has 3 aromatic carbocycles. The fraction of sp³-hybridized carbons (Fsp3) is 0.208. The number of carbonyl (C=O) groups is 1. The zero-order valence-corrected chi connectivity index (χ0v) is 17.2. The van der Waals surface area contributed by atoms with E-state index in [-0.39, 0.29) is 30.4 Å². The van der Waals surface area contributed by atoms with E-state index in [2.05, 4.69) is 5.32 Å². The number of benzene rings is 3. The molecule has 0 atom stereocenters. The largest absolute Gasteiger partial charge is 0.479 e. The van der Waals surface area contributed by atoms with Crippen LogP contribution in [0.2, 0.25) is 0 Å². The Bertz CT molecular complexity index is 1090. The lowest BCUT2D eigenvalue weighted by Gasteiger charge is -2.14. The highest BCUT2D eigenvalue weighted by molar-refractivity contribution is 5.71. The molecule has 4 nitrogen and oxygen atoms in total. The van der Waals surface area contributed by atoms with Gasteiger partial charge >= 0.3 is 5.97 Å². The maximum Gasteiger partial charge on any atom is 0.344 e. The minimum Gasteiger partial charge on any atom is -0.479 e. The predicted octanol–water partition coefficient (Wildman–Crippen LogP) is 5.63. The number of hydrogen-bond donors (Lipinski definition) is 1. The fourth-order valence-corrected chi connectivity index (χ4v) is 3.04. The van der Waals surface area contributed by atoms with E-state index in [0.29, 0.717) is 5.56 Å². The highest BCUT2D eigenvalue weighted by atomic mass is 19.1. The van der Waals surface area contributed by atoms with Crippen molar-refractivity contribution < 1.29 is 27.4 Å². The lowest BCUT2D eigenvalue weighted by molar-refractivity contribution is -0.145. The number of ether oxygens (including phenoxy) is 2. The Morgan fingerprint density at radius 2 is 1.77 bits per heavy atom. The normalized spacial score (nSPS) is 10.6. The van der Waals surface area contributed by atoms with Crippen LogP contribution in [-0.2, 0) is 16.1 Å². The molecular formula is C24H22F3NO3. The summed E-state index contributed by atoms with van der Waals surface area (Å²) in [6, 6.07) is 13.9.